The van der Waals surface area contributed by atoms with Gasteiger partial charge in [-0.25, -0.2) is 4.98 Å². The molecule has 0 aromatic carbocycles. The van der Waals surface area contributed by atoms with Gasteiger partial charge in [0.15, 0.2) is 5.65 Å². The van der Waals surface area contributed by atoms with Crippen molar-refractivity contribution in [1.82, 2.24) is 19.6 Å². The van der Waals surface area contributed by atoms with Crippen molar-refractivity contribution in [3.05, 3.63) is 22.9 Å². The summed E-state index contributed by atoms with van der Waals surface area (Å²) in [6.07, 6.45) is -5.37. The van der Waals surface area contributed by atoms with Crippen LogP contribution in [0.5, 0.6) is 0 Å². The Morgan fingerprint density at radius 2 is 2.06 bits per heavy atom. The Balaban J connectivity index is 2.36. The van der Waals surface area contributed by atoms with Crippen molar-refractivity contribution in [3.8, 4) is 0 Å². The van der Waals surface area contributed by atoms with Crippen molar-refractivity contribution >= 4 is 17.2 Å². The number of alkyl halides is 3. The molecular formula is C9H8ClF3N4. The molecular weight excluding hydrogens is 257 g/mol. The second-order valence-corrected chi connectivity index (χ2v) is 3.94. The topological polar surface area (TPSA) is 43.1 Å². The van der Waals surface area contributed by atoms with E-state index < -0.39 is 12.6 Å². The SMILES string of the molecule is Cc1nc(Cl)cc2nnc(CCC(F)(F)F)n12. The third-order valence-electron chi connectivity index (χ3n) is 2.23. The van der Waals surface area contributed by atoms with Crippen LogP contribution in [-0.2, 0) is 6.42 Å². The van der Waals surface area contributed by atoms with Crippen LogP contribution in [0.3, 0.4) is 0 Å². The fourth-order valence-electron chi connectivity index (χ4n) is 1.54. The van der Waals surface area contributed by atoms with Crippen LogP contribution in [0.25, 0.3) is 5.65 Å². The van der Waals surface area contributed by atoms with Gasteiger partial charge in [0.25, 0.3) is 0 Å². The van der Waals surface area contributed by atoms with Crippen LogP contribution in [0.15, 0.2) is 6.07 Å². The quantitative estimate of drug-likeness (QED) is 0.783. The number of fused-ring (bicyclic) bond motifs is 1. The largest absolute Gasteiger partial charge is 0.389 e. The maximum Gasteiger partial charge on any atom is 0.389 e. The van der Waals surface area contributed by atoms with E-state index in [9.17, 15) is 13.2 Å². The third-order valence-corrected chi connectivity index (χ3v) is 2.42. The van der Waals surface area contributed by atoms with Crippen LogP contribution in [0, 0.1) is 6.92 Å². The first kappa shape index (κ1) is 12.1. The van der Waals surface area contributed by atoms with E-state index in [-0.39, 0.29) is 17.4 Å². The van der Waals surface area contributed by atoms with Crippen molar-refractivity contribution in [2.75, 3.05) is 0 Å². The van der Waals surface area contributed by atoms with Gasteiger partial charge in [-0.1, -0.05) is 11.6 Å². The van der Waals surface area contributed by atoms with Gasteiger partial charge in [0.05, 0.1) is 6.42 Å². The van der Waals surface area contributed by atoms with Gasteiger partial charge in [-0.15, -0.1) is 10.2 Å². The molecule has 0 aliphatic heterocycles. The van der Waals surface area contributed by atoms with E-state index in [0.717, 1.165) is 0 Å². The fourth-order valence-corrected chi connectivity index (χ4v) is 1.76. The van der Waals surface area contributed by atoms with Crippen LogP contribution in [0.1, 0.15) is 18.1 Å². The summed E-state index contributed by atoms with van der Waals surface area (Å²) in [4.78, 5) is 3.95. The van der Waals surface area contributed by atoms with Crippen LogP contribution < -0.4 is 0 Å². The Labute approximate surface area is 99.4 Å². The molecule has 0 aliphatic carbocycles. The minimum absolute atomic E-state index is 0.227. The predicted molar refractivity (Wildman–Crippen MR) is 54.9 cm³/mol. The van der Waals surface area contributed by atoms with Crippen LogP contribution in [-0.4, -0.2) is 25.8 Å². The van der Waals surface area contributed by atoms with Gasteiger partial charge in [0, 0.05) is 12.5 Å². The zero-order valence-corrected chi connectivity index (χ0v) is 9.55. The van der Waals surface area contributed by atoms with E-state index in [1.54, 1.807) is 6.92 Å². The number of aryl methyl sites for hydroxylation is 2. The lowest BCUT2D eigenvalue weighted by atomic mass is 10.3. The van der Waals surface area contributed by atoms with Gasteiger partial charge in [-0.05, 0) is 6.92 Å². The van der Waals surface area contributed by atoms with Gasteiger partial charge in [-0.2, -0.15) is 13.2 Å². The van der Waals surface area contributed by atoms with Crippen molar-refractivity contribution in [1.29, 1.82) is 0 Å². The van der Waals surface area contributed by atoms with Crippen LogP contribution in [0.2, 0.25) is 5.15 Å². The second kappa shape index (κ2) is 4.14. The number of rotatable bonds is 2. The van der Waals surface area contributed by atoms with Crippen molar-refractivity contribution in [2.45, 2.75) is 25.9 Å². The third kappa shape index (κ3) is 2.66. The molecule has 4 nitrogen and oxygen atoms in total. The predicted octanol–water partition coefficient (Wildman–Crippen LogP) is 2.58. The van der Waals surface area contributed by atoms with Crippen LogP contribution in [0.4, 0.5) is 13.2 Å². The highest BCUT2D eigenvalue weighted by molar-refractivity contribution is 6.29. The summed E-state index contributed by atoms with van der Waals surface area (Å²) in [6.45, 7) is 1.64. The Kier molecular flexibility index (Phi) is 2.94. The van der Waals surface area contributed by atoms with Gasteiger partial charge in [-0.3, -0.25) is 4.40 Å². The molecule has 2 aromatic rings. The minimum Gasteiger partial charge on any atom is -0.267 e. The molecule has 0 radical (unpaired) electrons. The molecule has 0 aliphatic rings. The van der Waals surface area contributed by atoms with E-state index in [2.05, 4.69) is 15.2 Å². The monoisotopic (exact) mass is 264 g/mol. The zero-order chi connectivity index (χ0) is 12.6. The van der Waals surface area contributed by atoms with E-state index in [1.807, 2.05) is 0 Å². The first-order valence-corrected chi connectivity index (χ1v) is 5.18. The summed E-state index contributed by atoms with van der Waals surface area (Å²) in [5.74, 6) is 0.702. The molecule has 0 fully saturated rings. The summed E-state index contributed by atoms with van der Waals surface area (Å²) in [7, 11) is 0. The number of aromatic nitrogens is 4. The molecule has 2 heterocycles. The summed E-state index contributed by atoms with van der Waals surface area (Å²) in [5, 5.41) is 7.72. The summed E-state index contributed by atoms with van der Waals surface area (Å²) >= 11 is 5.71. The lowest BCUT2D eigenvalue weighted by Crippen LogP contribution is -2.11. The molecule has 0 atom stereocenters. The number of nitrogens with zero attached hydrogens (tertiary/aromatic N) is 4. The molecule has 8 heteroatoms. The van der Waals surface area contributed by atoms with Crippen LogP contribution >= 0.6 is 11.6 Å². The van der Waals surface area contributed by atoms with Crippen molar-refractivity contribution < 1.29 is 13.2 Å². The average molecular weight is 265 g/mol. The smallest absolute Gasteiger partial charge is 0.267 e. The highest BCUT2D eigenvalue weighted by Gasteiger charge is 2.27. The van der Waals surface area contributed by atoms with E-state index in [4.69, 9.17) is 11.6 Å². The van der Waals surface area contributed by atoms with Gasteiger partial charge in [0.1, 0.15) is 16.8 Å². The molecule has 0 spiro atoms. The van der Waals surface area contributed by atoms with Gasteiger partial charge < -0.3 is 0 Å². The fraction of sp³-hybridized carbons (Fsp3) is 0.444. The van der Waals surface area contributed by atoms with Gasteiger partial charge >= 0.3 is 6.18 Å². The first-order chi connectivity index (χ1) is 7.87. The van der Waals surface area contributed by atoms with E-state index >= 15 is 0 Å². The van der Waals surface area contributed by atoms with Gasteiger partial charge in [0.2, 0.25) is 0 Å². The highest BCUT2D eigenvalue weighted by atomic mass is 35.5. The summed E-state index contributed by atoms with van der Waals surface area (Å²) < 4.78 is 37.8. The molecule has 0 amide bonds. The molecule has 17 heavy (non-hydrogen) atoms. The molecule has 0 N–H and O–H groups in total. The van der Waals surface area contributed by atoms with E-state index in [0.29, 0.717) is 11.5 Å². The summed E-state index contributed by atoms with van der Waals surface area (Å²) in [6, 6.07) is 1.46. The molecule has 92 valence electrons. The maximum atomic E-state index is 12.1. The Bertz CT molecular complexity index is 549. The molecule has 0 unspecified atom stereocenters. The Morgan fingerprint density at radius 1 is 1.35 bits per heavy atom. The second-order valence-electron chi connectivity index (χ2n) is 3.55. The van der Waals surface area contributed by atoms with E-state index in [1.165, 1.54) is 10.5 Å². The number of halogens is 4. The standard InChI is InChI=1S/C9H8ClF3N4/c1-5-14-6(10)4-8-16-15-7(17(5)8)2-3-9(11,12)13/h4H,2-3H2,1H3. The highest BCUT2D eigenvalue weighted by Crippen LogP contribution is 2.22. The lowest BCUT2D eigenvalue weighted by Gasteiger charge is -2.06. The normalized spacial score (nSPS) is 12.3. The van der Waals surface area contributed by atoms with Crippen molar-refractivity contribution in [3.63, 3.8) is 0 Å². The molecule has 0 saturated carbocycles. The number of hydrogen-bond acceptors (Lipinski definition) is 3. The molecule has 0 saturated heterocycles. The zero-order valence-electron chi connectivity index (χ0n) is 8.79. The Hall–Kier alpha value is -1.37. The minimum atomic E-state index is -4.21. The molecule has 0 bridgehead atoms. The maximum absolute atomic E-state index is 12.1. The first-order valence-electron chi connectivity index (χ1n) is 4.81. The number of hydrogen-bond donors (Lipinski definition) is 0. The Morgan fingerprint density at radius 3 is 2.71 bits per heavy atom. The lowest BCUT2D eigenvalue weighted by molar-refractivity contribution is -0.134. The molecule has 2 aromatic heterocycles. The van der Waals surface area contributed by atoms with Crippen molar-refractivity contribution in [2.24, 2.45) is 0 Å². The average Bonchev–Trinajstić information content (AvgIpc) is 2.56. The summed E-state index contributed by atoms with van der Waals surface area (Å²) in [5.41, 5.74) is 0.402. The molecule has 2 rings (SSSR count).